The van der Waals surface area contributed by atoms with Crippen LogP contribution in [0.2, 0.25) is 0 Å². The standard InChI is InChI=1S/C25H32N4O5S2/c1-5-11-28(12-6-2)36(31,32)19-9-7-18(8-10-19)24(30)29(14-13-27(3)4)25-26-20-15-21-22(34-17-33-21)16-23(20)35-25/h7-10,15-16H,5-6,11-14,17H2,1-4H3. The van der Waals surface area contributed by atoms with Crippen LogP contribution in [0.4, 0.5) is 5.13 Å². The number of likely N-dealkylation sites (N-methyl/N-ethyl adjacent to an activating group) is 1. The molecule has 0 bridgehead atoms. The van der Waals surface area contributed by atoms with Gasteiger partial charge in [-0.25, -0.2) is 13.4 Å². The number of ether oxygens (including phenoxy) is 2. The molecular formula is C25H32N4O5S2. The van der Waals surface area contributed by atoms with Crippen molar-refractivity contribution in [3.63, 3.8) is 0 Å². The van der Waals surface area contributed by atoms with E-state index in [0.717, 1.165) is 23.1 Å². The van der Waals surface area contributed by atoms with Crippen molar-refractivity contribution in [1.82, 2.24) is 14.2 Å². The molecule has 0 N–H and O–H groups in total. The Morgan fingerprint density at radius 1 is 0.972 bits per heavy atom. The Labute approximate surface area is 216 Å². The third-order valence-electron chi connectivity index (χ3n) is 5.80. The lowest BCUT2D eigenvalue weighted by atomic mass is 10.2. The molecule has 2 heterocycles. The minimum absolute atomic E-state index is 0.188. The van der Waals surface area contributed by atoms with E-state index in [1.54, 1.807) is 17.0 Å². The number of nitrogens with zero attached hydrogens (tertiary/aromatic N) is 4. The van der Waals surface area contributed by atoms with Gasteiger partial charge in [-0.05, 0) is 51.2 Å². The van der Waals surface area contributed by atoms with Gasteiger partial charge in [0.25, 0.3) is 5.91 Å². The summed E-state index contributed by atoms with van der Waals surface area (Å²) in [5, 5.41) is 0.564. The Hall–Kier alpha value is -2.73. The number of rotatable bonds is 11. The Bertz CT molecular complexity index is 1280. The Kier molecular flexibility index (Phi) is 8.13. The molecule has 36 heavy (non-hydrogen) atoms. The van der Waals surface area contributed by atoms with Gasteiger partial charge >= 0.3 is 0 Å². The summed E-state index contributed by atoms with van der Waals surface area (Å²) in [5.74, 6) is 1.07. The number of aromatic nitrogens is 1. The molecule has 2 aromatic carbocycles. The quantitative estimate of drug-likeness (QED) is 0.368. The second-order valence-electron chi connectivity index (χ2n) is 8.86. The molecule has 1 aliphatic heterocycles. The number of sulfonamides is 1. The average Bonchev–Trinajstić information content (AvgIpc) is 3.48. The summed E-state index contributed by atoms with van der Waals surface area (Å²) in [6, 6.07) is 9.90. The number of carbonyl (C=O) groups is 1. The third kappa shape index (κ3) is 5.49. The molecule has 0 radical (unpaired) electrons. The zero-order valence-corrected chi connectivity index (χ0v) is 22.7. The fraction of sp³-hybridized carbons (Fsp3) is 0.440. The number of anilines is 1. The summed E-state index contributed by atoms with van der Waals surface area (Å²) in [6.07, 6.45) is 1.47. The van der Waals surface area contributed by atoms with Crippen LogP contribution in [0.25, 0.3) is 10.2 Å². The molecule has 0 atom stereocenters. The summed E-state index contributed by atoms with van der Waals surface area (Å²) in [7, 11) is 0.269. The van der Waals surface area contributed by atoms with E-state index >= 15 is 0 Å². The minimum atomic E-state index is -3.62. The maximum atomic E-state index is 13.6. The summed E-state index contributed by atoms with van der Waals surface area (Å²) < 4.78 is 39.5. The second-order valence-corrected chi connectivity index (χ2v) is 11.8. The maximum Gasteiger partial charge on any atom is 0.260 e. The van der Waals surface area contributed by atoms with E-state index in [1.807, 2.05) is 45.0 Å². The first kappa shape index (κ1) is 26.3. The molecule has 1 aromatic heterocycles. The summed E-state index contributed by atoms with van der Waals surface area (Å²) in [4.78, 5) is 22.1. The van der Waals surface area contributed by atoms with Gasteiger partial charge in [-0.2, -0.15) is 4.31 Å². The van der Waals surface area contributed by atoms with Crippen LogP contribution in [0.15, 0.2) is 41.3 Å². The van der Waals surface area contributed by atoms with Crippen molar-refractivity contribution in [3.05, 3.63) is 42.0 Å². The van der Waals surface area contributed by atoms with Crippen LogP contribution in [-0.4, -0.2) is 75.6 Å². The maximum absolute atomic E-state index is 13.6. The number of carbonyl (C=O) groups excluding carboxylic acids is 1. The number of benzene rings is 2. The van der Waals surface area contributed by atoms with Gasteiger partial charge in [-0.1, -0.05) is 25.2 Å². The van der Waals surface area contributed by atoms with Crippen molar-refractivity contribution in [2.24, 2.45) is 0 Å². The third-order valence-corrected chi connectivity index (χ3v) is 8.76. The largest absolute Gasteiger partial charge is 0.454 e. The lowest BCUT2D eigenvalue weighted by Crippen LogP contribution is -2.36. The van der Waals surface area contributed by atoms with Crippen LogP contribution in [0.3, 0.4) is 0 Å². The normalized spacial score (nSPS) is 13.2. The predicted octanol–water partition coefficient (Wildman–Crippen LogP) is 4.04. The molecule has 11 heteroatoms. The van der Waals surface area contributed by atoms with Crippen LogP contribution < -0.4 is 14.4 Å². The van der Waals surface area contributed by atoms with Crippen LogP contribution in [-0.2, 0) is 10.0 Å². The monoisotopic (exact) mass is 532 g/mol. The molecule has 4 rings (SSSR count). The fourth-order valence-corrected chi connectivity index (χ4v) is 6.55. The predicted molar refractivity (Wildman–Crippen MR) is 142 cm³/mol. The molecule has 0 spiro atoms. The lowest BCUT2D eigenvalue weighted by Gasteiger charge is -2.23. The lowest BCUT2D eigenvalue weighted by molar-refractivity contribution is 0.0985. The summed E-state index contributed by atoms with van der Waals surface area (Å²) in [6.45, 7) is 6.10. The van der Waals surface area contributed by atoms with Crippen LogP contribution in [0, 0.1) is 0 Å². The molecular weight excluding hydrogens is 500 g/mol. The molecule has 9 nitrogen and oxygen atoms in total. The van der Waals surface area contributed by atoms with Crippen molar-refractivity contribution in [1.29, 1.82) is 0 Å². The van der Waals surface area contributed by atoms with E-state index in [0.29, 0.717) is 48.4 Å². The SMILES string of the molecule is CCCN(CCC)S(=O)(=O)c1ccc(C(=O)N(CCN(C)C)c2nc3cc4c(cc3s2)OCO4)cc1. The zero-order chi connectivity index (χ0) is 25.9. The fourth-order valence-electron chi connectivity index (χ4n) is 3.93. The first-order valence-electron chi connectivity index (χ1n) is 12.0. The van der Waals surface area contributed by atoms with Crippen LogP contribution >= 0.6 is 11.3 Å². The van der Waals surface area contributed by atoms with Gasteiger partial charge in [0.15, 0.2) is 16.6 Å². The van der Waals surface area contributed by atoms with Crippen molar-refractivity contribution in [3.8, 4) is 11.5 Å². The average molecular weight is 533 g/mol. The van der Waals surface area contributed by atoms with Crippen LogP contribution in [0.5, 0.6) is 11.5 Å². The second kappa shape index (κ2) is 11.1. The van der Waals surface area contributed by atoms with Crippen LogP contribution in [0.1, 0.15) is 37.0 Å². The number of amides is 1. The first-order valence-corrected chi connectivity index (χ1v) is 14.3. The minimum Gasteiger partial charge on any atom is -0.454 e. The molecule has 0 fully saturated rings. The van der Waals surface area contributed by atoms with E-state index in [2.05, 4.69) is 0 Å². The van der Waals surface area contributed by atoms with Crippen molar-refractivity contribution in [2.75, 3.05) is 52.0 Å². The Balaban J connectivity index is 1.63. The molecule has 0 aliphatic carbocycles. The number of hydrogen-bond donors (Lipinski definition) is 0. The number of thiazole rings is 1. The number of fused-ring (bicyclic) bond motifs is 2. The zero-order valence-electron chi connectivity index (χ0n) is 21.1. The van der Waals surface area contributed by atoms with E-state index in [1.165, 1.54) is 27.8 Å². The number of hydrogen-bond acceptors (Lipinski definition) is 8. The first-order chi connectivity index (χ1) is 17.2. The molecule has 1 amide bonds. The molecule has 0 saturated heterocycles. The Morgan fingerprint density at radius 3 is 2.22 bits per heavy atom. The van der Waals surface area contributed by atoms with E-state index < -0.39 is 10.0 Å². The van der Waals surface area contributed by atoms with Gasteiger partial charge in [-0.3, -0.25) is 9.69 Å². The Morgan fingerprint density at radius 2 is 1.61 bits per heavy atom. The molecule has 3 aromatic rings. The molecule has 0 saturated carbocycles. The highest BCUT2D eigenvalue weighted by atomic mass is 32.2. The van der Waals surface area contributed by atoms with Gasteiger partial charge in [0.1, 0.15) is 0 Å². The van der Waals surface area contributed by atoms with E-state index in [-0.39, 0.29) is 17.6 Å². The summed E-state index contributed by atoms with van der Waals surface area (Å²) >= 11 is 1.41. The van der Waals surface area contributed by atoms with Gasteiger partial charge in [-0.15, -0.1) is 0 Å². The van der Waals surface area contributed by atoms with Gasteiger partial charge < -0.3 is 14.4 Å². The van der Waals surface area contributed by atoms with Crippen molar-refractivity contribution < 1.29 is 22.7 Å². The highest BCUT2D eigenvalue weighted by molar-refractivity contribution is 7.89. The topological polar surface area (TPSA) is 92.3 Å². The molecule has 1 aliphatic rings. The summed E-state index contributed by atoms with van der Waals surface area (Å²) in [5.41, 5.74) is 1.13. The van der Waals surface area contributed by atoms with Crippen molar-refractivity contribution >= 4 is 42.6 Å². The van der Waals surface area contributed by atoms with Gasteiger partial charge in [0, 0.05) is 43.9 Å². The van der Waals surface area contributed by atoms with E-state index in [9.17, 15) is 13.2 Å². The van der Waals surface area contributed by atoms with Gasteiger partial charge in [0.2, 0.25) is 16.8 Å². The smallest absolute Gasteiger partial charge is 0.260 e. The molecule has 194 valence electrons. The molecule has 0 unspecified atom stereocenters. The van der Waals surface area contributed by atoms with Gasteiger partial charge in [0.05, 0.1) is 15.1 Å². The highest BCUT2D eigenvalue weighted by Gasteiger charge is 2.26. The van der Waals surface area contributed by atoms with Crippen molar-refractivity contribution in [2.45, 2.75) is 31.6 Å². The highest BCUT2D eigenvalue weighted by Crippen LogP contribution is 2.40. The van der Waals surface area contributed by atoms with E-state index in [4.69, 9.17) is 14.5 Å².